The van der Waals surface area contributed by atoms with Crippen LogP contribution in [0.15, 0.2) is 54.6 Å². The Morgan fingerprint density at radius 1 is 0.724 bits per heavy atom. The van der Waals surface area contributed by atoms with E-state index >= 15 is 0 Å². The highest BCUT2D eigenvalue weighted by molar-refractivity contribution is 5.91. The molecule has 0 bridgehead atoms. The SMILES string of the molecule is CCCCCc1ccc(C(F)=C(F)c2ccc3cc(CCC)ccc3c2F)cc1. The predicted molar refractivity (Wildman–Crippen MR) is 117 cm³/mol. The van der Waals surface area contributed by atoms with Crippen LogP contribution >= 0.6 is 0 Å². The highest BCUT2D eigenvalue weighted by atomic mass is 19.2. The summed E-state index contributed by atoms with van der Waals surface area (Å²) in [5.74, 6) is -2.93. The van der Waals surface area contributed by atoms with Crippen molar-refractivity contribution in [3.8, 4) is 0 Å². The molecule has 0 saturated heterocycles. The molecule has 3 aromatic carbocycles. The molecular formula is C26H27F3. The van der Waals surface area contributed by atoms with Crippen LogP contribution in [0.25, 0.3) is 22.4 Å². The zero-order valence-corrected chi connectivity index (χ0v) is 17.1. The summed E-state index contributed by atoms with van der Waals surface area (Å²) in [6.45, 7) is 4.22. The fourth-order valence-electron chi connectivity index (χ4n) is 3.60. The summed E-state index contributed by atoms with van der Waals surface area (Å²) in [6, 6.07) is 15.1. The Labute approximate surface area is 171 Å². The monoisotopic (exact) mass is 396 g/mol. The van der Waals surface area contributed by atoms with E-state index in [4.69, 9.17) is 0 Å². The summed E-state index contributed by atoms with van der Waals surface area (Å²) in [6.07, 6.45) is 6.17. The van der Waals surface area contributed by atoms with Crippen molar-refractivity contribution in [3.05, 3.63) is 82.7 Å². The second-order valence-corrected chi connectivity index (χ2v) is 7.51. The third kappa shape index (κ3) is 4.90. The number of fused-ring (bicyclic) bond motifs is 1. The normalized spacial score (nSPS) is 12.3. The van der Waals surface area contributed by atoms with E-state index < -0.39 is 17.5 Å². The van der Waals surface area contributed by atoms with Crippen LogP contribution in [-0.4, -0.2) is 0 Å². The molecule has 3 rings (SSSR count). The van der Waals surface area contributed by atoms with E-state index in [0.29, 0.717) is 10.8 Å². The second kappa shape index (κ2) is 9.78. The lowest BCUT2D eigenvalue weighted by Crippen LogP contribution is -1.93. The van der Waals surface area contributed by atoms with Gasteiger partial charge in [0.1, 0.15) is 5.82 Å². The molecule has 0 aromatic heterocycles. The third-order valence-corrected chi connectivity index (χ3v) is 5.26. The van der Waals surface area contributed by atoms with E-state index in [-0.39, 0.29) is 11.1 Å². The average molecular weight is 396 g/mol. The van der Waals surface area contributed by atoms with Crippen molar-refractivity contribution in [1.29, 1.82) is 0 Å². The van der Waals surface area contributed by atoms with Crippen LogP contribution in [0.4, 0.5) is 13.2 Å². The highest BCUT2D eigenvalue weighted by Gasteiger charge is 2.17. The van der Waals surface area contributed by atoms with Gasteiger partial charge in [-0.3, -0.25) is 0 Å². The third-order valence-electron chi connectivity index (χ3n) is 5.26. The van der Waals surface area contributed by atoms with Gasteiger partial charge in [-0.1, -0.05) is 81.6 Å². The first-order valence-electron chi connectivity index (χ1n) is 10.4. The van der Waals surface area contributed by atoms with Gasteiger partial charge in [0.25, 0.3) is 0 Å². The van der Waals surface area contributed by atoms with Gasteiger partial charge in [-0.15, -0.1) is 0 Å². The molecule has 0 spiro atoms. The molecule has 0 atom stereocenters. The van der Waals surface area contributed by atoms with Crippen LogP contribution in [0.5, 0.6) is 0 Å². The smallest absolute Gasteiger partial charge is 0.169 e. The molecule has 152 valence electrons. The first kappa shape index (κ1) is 21.2. The number of unbranched alkanes of at least 4 members (excludes halogenated alkanes) is 2. The number of halogens is 3. The van der Waals surface area contributed by atoms with Gasteiger partial charge < -0.3 is 0 Å². The minimum absolute atomic E-state index is 0.125. The molecule has 0 aliphatic rings. The molecule has 0 aliphatic carbocycles. The van der Waals surface area contributed by atoms with Gasteiger partial charge in [0.15, 0.2) is 11.7 Å². The van der Waals surface area contributed by atoms with Crippen molar-refractivity contribution >= 4 is 22.4 Å². The fourth-order valence-corrected chi connectivity index (χ4v) is 3.60. The molecule has 29 heavy (non-hydrogen) atoms. The second-order valence-electron chi connectivity index (χ2n) is 7.51. The molecule has 0 heterocycles. The van der Waals surface area contributed by atoms with Crippen molar-refractivity contribution < 1.29 is 13.2 Å². The van der Waals surface area contributed by atoms with Crippen LogP contribution in [-0.2, 0) is 12.8 Å². The molecule has 3 aromatic rings. The molecule has 0 radical (unpaired) electrons. The van der Waals surface area contributed by atoms with Crippen molar-refractivity contribution in [3.63, 3.8) is 0 Å². The first-order valence-corrected chi connectivity index (χ1v) is 10.4. The lowest BCUT2D eigenvalue weighted by Gasteiger charge is -2.09. The molecular weight excluding hydrogens is 369 g/mol. The summed E-state index contributed by atoms with van der Waals surface area (Å²) in [5, 5.41) is 0.999. The van der Waals surface area contributed by atoms with Crippen molar-refractivity contribution in [2.75, 3.05) is 0 Å². The zero-order chi connectivity index (χ0) is 20.8. The molecule has 0 aliphatic heterocycles. The van der Waals surface area contributed by atoms with Gasteiger partial charge in [0.2, 0.25) is 0 Å². The number of hydrogen-bond acceptors (Lipinski definition) is 0. The fraction of sp³-hybridized carbons (Fsp3) is 0.308. The lowest BCUT2D eigenvalue weighted by molar-refractivity contribution is 0.622. The molecule has 0 fully saturated rings. The summed E-state index contributed by atoms with van der Waals surface area (Å²) in [7, 11) is 0. The summed E-state index contributed by atoms with van der Waals surface area (Å²) in [4.78, 5) is 0. The Morgan fingerprint density at radius 2 is 1.45 bits per heavy atom. The number of aryl methyl sites for hydroxylation is 2. The Bertz CT molecular complexity index is 1000. The molecule has 0 amide bonds. The molecule has 0 N–H and O–H groups in total. The van der Waals surface area contributed by atoms with Crippen molar-refractivity contribution in [2.45, 2.75) is 52.4 Å². The zero-order valence-electron chi connectivity index (χ0n) is 17.1. The first-order chi connectivity index (χ1) is 14.0. The number of hydrogen-bond donors (Lipinski definition) is 0. The minimum Gasteiger partial charge on any atom is -0.206 e. The van der Waals surface area contributed by atoms with E-state index in [1.165, 1.54) is 6.07 Å². The van der Waals surface area contributed by atoms with Gasteiger partial charge in [-0.05, 0) is 41.8 Å². The van der Waals surface area contributed by atoms with Gasteiger partial charge in [0, 0.05) is 16.5 Å². The van der Waals surface area contributed by atoms with Crippen molar-refractivity contribution in [2.24, 2.45) is 0 Å². The Kier molecular flexibility index (Phi) is 7.13. The van der Waals surface area contributed by atoms with E-state index in [1.807, 2.05) is 24.3 Å². The van der Waals surface area contributed by atoms with Crippen molar-refractivity contribution in [1.82, 2.24) is 0 Å². The van der Waals surface area contributed by atoms with Gasteiger partial charge in [-0.2, -0.15) is 0 Å². The quantitative estimate of drug-likeness (QED) is 0.265. The Hall–Kier alpha value is -2.55. The molecule has 0 unspecified atom stereocenters. The Balaban J connectivity index is 1.90. The van der Waals surface area contributed by atoms with Crippen LogP contribution in [0.2, 0.25) is 0 Å². The number of rotatable bonds is 8. The van der Waals surface area contributed by atoms with Gasteiger partial charge in [0.05, 0.1) is 0 Å². The Morgan fingerprint density at radius 3 is 2.14 bits per heavy atom. The summed E-state index contributed by atoms with van der Waals surface area (Å²) >= 11 is 0. The van der Waals surface area contributed by atoms with E-state index in [2.05, 4.69) is 13.8 Å². The largest absolute Gasteiger partial charge is 0.206 e. The maximum absolute atomic E-state index is 14.9. The topological polar surface area (TPSA) is 0 Å². The molecule has 0 nitrogen and oxygen atoms in total. The van der Waals surface area contributed by atoms with Crippen LogP contribution in [0, 0.1) is 5.82 Å². The van der Waals surface area contributed by atoms with Crippen LogP contribution < -0.4 is 0 Å². The molecule has 0 saturated carbocycles. The minimum atomic E-state index is -1.17. The van der Waals surface area contributed by atoms with Crippen LogP contribution in [0.1, 0.15) is 61.8 Å². The predicted octanol–water partition coefficient (Wildman–Crippen LogP) is 8.43. The van der Waals surface area contributed by atoms with E-state index in [9.17, 15) is 13.2 Å². The standard InChI is InChI=1S/C26H27F3/c1-3-5-6-8-18-9-12-20(13-10-18)24(27)26(29)23-16-14-21-17-19(7-4-2)11-15-22(21)25(23)28/h9-17H,3-8H2,1-2H3. The summed E-state index contributed by atoms with van der Waals surface area (Å²) in [5.41, 5.74) is 1.98. The van der Waals surface area contributed by atoms with Crippen LogP contribution in [0.3, 0.4) is 0 Å². The van der Waals surface area contributed by atoms with Gasteiger partial charge in [-0.25, -0.2) is 13.2 Å². The maximum atomic E-state index is 14.9. The molecule has 3 heteroatoms. The summed E-state index contributed by atoms with van der Waals surface area (Å²) < 4.78 is 44.5. The number of benzene rings is 3. The van der Waals surface area contributed by atoms with E-state index in [0.717, 1.165) is 49.7 Å². The highest BCUT2D eigenvalue weighted by Crippen LogP contribution is 2.33. The van der Waals surface area contributed by atoms with E-state index in [1.54, 1.807) is 24.3 Å². The van der Waals surface area contributed by atoms with Gasteiger partial charge >= 0.3 is 0 Å². The lowest BCUT2D eigenvalue weighted by atomic mass is 10.00. The average Bonchev–Trinajstić information content (AvgIpc) is 2.74. The maximum Gasteiger partial charge on any atom is 0.169 e.